The minimum absolute atomic E-state index is 0.147. The molecule has 0 fully saturated rings. The van der Waals surface area contributed by atoms with Crippen LogP contribution in [0.4, 0.5) is 4.39 Å². The molecule has 5 rings (SSSR count). The van der Waals surface area contributed by atoms with E-state index in [1.54, 1.807) is 12.1 Å². The summed E-state index contributed by atoms with van der Waals surface area (Å²) < 4.78 is 16.3. The van der Waals surface area contributed by atoms with Gasteiger partial charge in [-0.15, -0.1) is 0 Å². The van der Waals surface area contributed by atoms with Crippen molar-refractivity contribution in [2.75, 3.05) is 6.54 Å². The molecule has 28 heavy (non-hydrogen) atoms. The molecular weight excluding hydrogens is 351 g/mol. The van der Waals surface area contributed by atoms with Crippen LogP contribution in [0, 0.1) is 12.7 Å². The van der Waals surface area contributed by atoms with Crippen LogP contribution in [-0.2, 0) is 24.2 Å². The lowest BCUT2D eigenvalue weighted by atomic mass is 9.89. The average molecular weight is 376 g/mol. The van der Waals surface area contributed by atoms with Crippen molar-refractivity contribution in [1.29, 1.82) is 0 Å². The number of aromatic nitrogens is 1. The van der Waals surface area contributed by atoms with E-state index in [1.807, 2.05) is 6.07 Å². The van der Waals surface area contributed by atoms with Crippen LogP contribution in [0.15, 0.2) is 42.5 Å². The molecule has 1 aliphatic heterocycles. The lowest BCUT2D eigenvalue weighted by Crippen LogP contribution is -2.43. The molecule has 1 aliphatic carbocycles. The largest absolute Gasteiger partial charge is 0.341 e. The fourth-order valence-electron chi connectivity index (χ4n) is 5.10. The number of halogens is 1. The fourth-order valence-corrected chi connectivity index (χ4v) is 5.10. The number of nitrogens with zero attached hydrogens (tertiary/aromatic N) is 2. The van der Waals surface area contributed by atoms with Gasteiger partial charge in [0.05, 0.1) is 6.04 Å². The van der Waals surface area contributed by atoms with Gasteiger partial charge in [-0.3, -0.25) is 4.79 Å². The standard InChI is InChI=1S/C24H25FN2O/c1-16-9-11-21-19(15-16)18-6-4-8-22-24(18)27(21)14-13-26(22)23(28)12-10-17-5-2-3-7-20(17)25/h2-3,5,7,9,11,15,22H,4,6,8,10,12-14H2,1H3/t22-/m0/s1. The van der Waals surface area contributed by atoms with E-state index >= 15 is 0 Å². The first kappa shape index (κ1) is 17.5. The first-order valence-corrected chi connectivity index (χ1v) is 10.3. The summed E-state index contributed by atoms with van der Waals surface area (Å²) in [7, 11) is 0. The van der Waals surface area contributed by atoms with E-state index in [0.29, 0.717) is 18.4 Å². The average Bonchev–Trinajstić information content (AvgIpc) is 3.02. The maximum absolute atomic E-state index is 13.9. The summed E-state index contributed by atoms with van der Waals surface area (Å²) in [4.78, 5) is 15.1. The molecule has 0 bridgehead atoms. The minimum Gasteiger partial charge on any atom is -0.341 e. The lowest BCUT2D eigenvalue weighted by molar-refractivity contribution is -0.135. The summed E-state index contributed by atoms with van der Waals surface area (Å²) in [5.41, 5.74) is 5.99. The van der Waals surface area contributed by atoms with E-state index in [9.17, 15) is 9.18 Å². The zero-order chi connectivity index (χ0) is 19.3. The molecule has 0 saturated heterocycles. The Morgan fingerprint density at radius 1 is 1.18 bits per heavy atom. The Kier molecular flexibility index (Phi) is 4.22. The van der Waals surface area contributed by atoms with Crippen LogP contribution in [-0.4, -0.2) is 21.9 Å². The van der Waals surface area contributed by atoms with Crippen molar-refractivity contribution in [2.24, 2.45) is 0 Å². The smallest absolute Gasteiger partial charge is 0.223 e. The van der Waals surface area contributed by atoms with E-state index in [1.165, 1.54) is 33.8 Å². The predicted molar refractivity (Wildman–Crippen MR) is 109 cm³/mol. The summed E-state index contributed by atoms with van der Waals surface area (Å²) in [6, 6.07) is 13.6. The number of amides is 1. The molecule has 1 aromatic heterocycles. The lowest BCUT2D eigenvalue weighted by Gasteiger charge is -2.40. The molecule has 1 amide bonds. The van der Waals surface area contributed by atoms with Gasteiger partial charge in [0.1, 0.15) is 5.82 Å². The number of benzene rings is 2. The Balaban J connectivity index is 1.44. The molecule has 3 aromatic rings. The highest BCUT2D eigenvalue weighted by molar-refractivity contribution is 5.87. The van der Waals surface area contributed by atoms with Crippen LogP contribution < -0.4 is 0 Å². The van der Waals surface area contributed by atoms with E-state index in [0.717, 1.165) is 32.4 Å². The van der Waals surface area contributed by atoms with Crippen molar-refractivity contribution in [3.63, 3.8) is 0 Å². The van der Waals surface area contributed by atoms with Crippen molar-refractivity contribution >= 4 is 16.8 Å². The summed E-state index contributed by atoms with van der Waals surface area (Å²) >= 11 is 0. The second kappa shape index (κ2) is 6.77. The maximum atomic E-state index is 13.9. The number of carbonyl (C=O) groups is 1. The van der Waals surface area contributed by atoms with Crippen molar-refractivity contribution in [1.82, 2.24) is 9.47 Å². The van der Waals surface area contributed by atoms with Gasteiger partial charge >= 0.3 is 0 Å². The number of carbonyl (C=O) groups excluding carboxylic acids is 1. The molecule has 0 saturated carbocycles. The van der Waals surface area contributed by atoms with Gasteiger partial charge in [-0.25, -0.2) is 4.39 Å². The number of hydrogen-bond donors (Lipinski definition) is 0. The molecule has 0 radical (unpaired) electrons. The second-order valence-corrected chi connectivity index (χ2v) is 8.12. The summed E-state index contributed by atoms with van der Waals surface area (Å²) in [6.45, 7) is 3.73. The van der Waals surface area contributed by atoms with Crippen LogP contribution in [0.2, 0.25) is 0 Å². The molecule has 4 heteroatoms. The monoisotopic (exact) mass is 376 g/mol. The van der Waals surface area contributed by atoms with Crippen LogP contribution >= 0.6 is 0 Å². The molecule has 0 N–H and O–H groups in total. The molecule has 2 aromatic carbocycles. The summed E-state index contributed by atoms with van der Waals surface area (Å²) in [6.07, 6.45) is 4.06. The van der Waals surface area contributed by atoms with Crippen LogP contribution in [0.3, 0.4) is 0 Å². The van der Waals surface area contributed by atoms with E-state index < -0.39 is 0 Å². The highest BCUT2D eigenvalue weighted by Gasteiger charge is 2.36. The third-order valence-corrected chi connectivity index (χ3v) is 6.42. The van der Waals surface area contributed by atoms with Crippen LogP contribution in [0.5, 0.6) is 0 Å². The van der Waals surface area contributed by atoms with Gasteiger partial charge in [0.2, 0.25) is 5.91 Å². The molecule has 0 unspecified atom stereocenters. The molecule has 1 atom stereocenters. The van der Waals surface area contributed by atoms with Crippen molar-refractivity contribution in [3.8, 4) is 0 Å². The third-order valence-electron chi connectivity index (χ3n) is 6.42. The molecule has 144 valence electrons. The Morgan fingerprint density at radius 3 is 2.89 bits per heavy atom. The molecule has 2 aliphatic rings. The number of aryl methyl sites for hydroxylation is 3. The van der Waals surface area contributed by atoms with Gasteiger partial charge in [-0.05, 0) is 61.9 Å². The van der Waals surface area contributed by atoms with Crippen molar-refractivity contribution in [2.45, 2.75) is 51.6 Å². The van der Waals surface area contributed by atoms with E-state index in [-0.39, 0.29) is 17.8 Å². The Morgan fingerprint density at radius 2 is 2.04 bits per heavy atom. The molecule has 2 heterocycles. The third kappa shape index (κ3) is 2.74. The molecule has 0 spiro atoms. The van der Waals surface area contributed by atoms with Gasteiger partial charge < -0.3 is 9.47 Å². The molecular formula is C24H25FN2O. The highest BCUT2D eigenvalue weighted by atomic mass is 19.1. The number of rotatable bonds is 3. The molecule has 3 nitrogen and oxygen atoms in total. The number of fused-ring (bicyclic) bond motifs is 3. The van der Waals surface area contributed by atoms with Crippen molar-refractivity contribution in [3.05, 3.63) is 70.7 Å². The van der Waals surface area contributed by atoms with Crippen LogP contribution in [0.1, 0.15) is 47.7 Å². The minimum atomic E-state index is -0.218. The van der Waals surface area contributed by atoms with Gasteiger partial charge in [-0.1, -0.05) is 29.8 Å². The summed E-state index contributed by atoms with van der Waals surface area (Å²) in [5.74, 6) is -0.0711. The highest BCUT2D eigenvalue weighted by Crippen LogP contribution is 2.43. The van der Waals surface area contributed by atoms with E-state index in [4.69, 9.17) is 0 Å². The van der Waals surface area contributed by atoms with Gasteiger partial charge in [0, 0.05) is 36.1 Å². The SMILES string of the molecule is Cc1ccc2c(c1)c1c3n2CCN(C(=O)CCc2ccccc2F)[C@H]3CCC1. The first-order chi connectivity index (χ1) is 13.6. The second-order valence-electron chi connectivity index (χ2n) is 8.12. The van der Waals surface area contributed by atoms with E-state index in [2.05, 4.69) is 34.6 Å². The zero-order valence-electron chi connectivity index (χ0n) is 16.2. The summed E-state index contributed by atoms with van der Waals surface area (Å²) in [5, 5.41) is 1.36. The predicted octanol–water partition coefficient (Wildman–Crippen LogP) is 4.94. The first-order valence-electron chi connectivity index (χ1n) is 10.3. The van der Waals surface area contributed by atoms with Crippen LogP contribution in [0.25, 0.3) is 10.9 Å². The number of hydrogen-bond acceptors (Lipinski definition) is 1. The Hall–Kier alpha value is -2.62. The fraction of sp³-hybridized carbons (Fsp3) is 0.375. The topological polar surface area (TPSA) is 25.2 Å². The van der Waals surface area contributed by atoms with Crippen molar-refractivity contribution < 1.29 is 9.18 Å². The Bertz CT molecular complexity index is 1070. The van der Waals surface area contributed by atoms with Gasteiger partial charge in [0.25, 0.3) is 0 Å². The Labute approximate surface area is 164 Å². The maximum Gasteiger partial charge on any atom is 0.223 e. The zero-order valence-corrected chi connectivity index (χ0v) is 16.2. The van der Waals surface area contributed by atoms with Gasteiger partial charge in [0.15, 0.2) is 0 Å². The quantitative estimate of drug-likeness (QED) is 0.635. The van der Waals surface area contributed by atoms with Gasteiger partial charge in [-0.2, -0.15) is 0 Å². The normalized spacial score (nSPS) is 18.4.